The molecule has 0 aliphatic carbocycles. The summed E-state index contributed by atoms with van der Waals surface area (Å²) in [4.78, 5) is 18.0. The van der Waals surface area contributed by atoms with Gasteiger partial charge in [0.15, 0.2) is 17.3 Å². The van der Waals surface area contributed by atoms with Gasteiger partial charge in [-0.2, -0.15) is 0 Å². The van der Waals surface area contributed by atoms with Crippen LogP contribution in [0.25, 0.3) is 5.69 Å². The van der Waals surface area contributed by atoms with Crippen molar-refractivity contribution in [2.75, 3.05) is 14.2 Å². The van der Waals surface area contributed by atoms with Crippen molar-refractivity contribution >= 4 is 29.0 Å². The van der Waals surface area contributed by atoms with Crippen LogP contribution in [-0.2, 0) is 11.8 Å². The van der Waals surface area contributed by atoms with Gasteiger partial charge in [-0.25, -0.2) is 9.37 Å². The number of nitrogens with zero attached hydrogens (tertiary/aromatic N) is 2. The summed E-state index contributed by atoms with van der Waals surface area (Å²) in [5.74, 6) is 0.847. The third-order valence-electron chi connectivity index (χ3n) is 6.19. The average molecular weight is 527 g/mol. The van der Waals surface area contributed by atoms with Gasteiger partial charge in [0.25, 0.3) is 0 Å². The maximum Gasteiger partial charge on any atom is 0.202 e. The minimum atomic E-state index is -0.608. The van der Waals surface area contributed by atoms with E-state index in [-0.39, 0.29) is 23.8 Å². The van der Waals surface area contributed by atoms with Crippen LogP contribution >= 0.6 is 23.2 Å². The van der Waals surface area contributed by atoms with Crippen molar-refractivity contribution in [1.82, 2.24) is 9.55 Å². The van der Waals surface area contributed by atoms with E-state index in [1.165, 1.54) is 12.1 Å². The Bertz CT molecular complexity index is 1420. The summed E-state index contributed by atoms with van der Waals surface area (Å²) in [6, 6.07) is 16.7. The van der Waals surface area contributed by atoms with E-state index in [0.29, 0.717) is 32.8 Å². The van der Waals surface area contributed by atoms with Crippen LogP contribution in [0.2, 0.25) is 10.0 Å². The van der Waals surface area contributed by atoms with Gasteiger partial charge < -0.3 is 9.47 Å². The zero-order valence-corrected chi connectivity index (χ0v) is 21.8. The summed E-state index contributed by atoms with van der Waals surface area (Å²) < 4.78 is 26.4. The van der Waals surface area contributed by atoms with Crippen molar-refractivity contribution in [2.24, 2.45) is 0 Å². The SMILES string of the molecule is COc1ccc(C(C)(C)c2cnc(C(=O)Cc3ccc(Cl)c(Cl)c3)n2-c2ccc(F)cc2)cc1OC. The number of Topliss-reactive ketones (excluding diaryl/α,β-unsaturated/α-hetero) is 1. The Kier molecular flexibility index (Phi) is 7.38. The average Bonchev–Trinajstić information content (AvgIpc) is 3.32. The Labute approximate surface area is 219 Å². The molecule has 0 N–H and O–H groups in total. The summed E-state index contributed by atoms with van der Waals surface area (Å²) in [5.41, 5.74) is 2.40. The van der Waals surface area contributed by atoms with Gasteiger partial charge in [0.05, 0.1) is 36.2 Å². The maximum absolute atomic E-state index is 13.8. The Morgan fingerprint density at radius 1 is 0.944 bits per heavy atom. The highest BCUT2D eigenvalue weighted by Crippen LogP contribution is 2.38. The lowest BCUT2D eigenvalue weighted by molar-refractivity contribution is 0.0981. The second-order valence-electron chi connectivity index (χ2n) is 8.82. The third-order valence-corrected chi connectivity index (χ3v) is 6.93. The molecule has 186 valence electrons. The lowest BCUT2D eigenvalue weighted by atomic mass is 9.81. The first-order valence-electron chi connectivity index (χ1n) is 11.2. The number of imidazole rings is 1. The van der Waals surface area contributed by atoms with Crippen LogP contribution in [0.3, 0.4) is 0 Å². The van der Waals surface area contributed by atoms with Crippen molar-refractivity contribution in [2.45, 2.75) is 25.7 Å². The third kappa shape index (κ3) is 4.97. The molecule has 0 atom stereocenters. The molecule has 0 radical (unpaired) electrons. The van der Waals surface area contributed by atoms with Crippen LogP contribution in [0, 0.1) is 5.82 Å². The van der Waals surface area contributed by atoms with Crippen LogP contribution in [-0.4, -0.2) is 29.6 Å². The Morgan fingerprint density at radius 3 is 2.28 bits per heavy atom. The molecule has 0 fully saturated rings. The molecule has 1 heterocycles. The van der Waals surface area contributed by atoms with Crippen molar-refractivity contribution in [3.8, 4) is 17.2 Å². The smallest absolute Gasteiger partial charge is 0.202 e. The van der Waals surface area contributed by atoms with E-state index in [1.807, 2.05) is 32.0 Å². The number of ether oxygens (including phenoxy) is 2. The van der Waals surface area contributed by atoms with E-state index in [9.17, 15) is 9.18 Å². The molecule has 0 spiro atoms. The van der Waals surface area contributed by atoms with Gasteiger partial charge in [-0.1, -0.05) is 49.2 Å². The minimum absolute atomic E-state index is 0.0747. The van der Waals surface area contributed by atoms with Gasteiger partial charge in [0.1, 0.15) is 5.82 Å². The van der Waals surface area contributed by atoms with Crippen LogP contribution in [0.5, 0.6) is 11.5 Å². The predicted octanol–water partition coefficient (Wildman–Crippen LogP) is 7.09. The van der Waals surface area contributed by atoms with Crippen molar-refractivity contribution in [1.29, 1.82) is 0 Å². The molecule has 3 aromatic carbocycles. The molecule has 0 saturated carbocycles. The number of methoxy groups -OCH3 is 2. The van der Waals surface area contributed by atoms with E-state index < -0.39 is 5.41 Å². The molecule has 0 amide bonds. The zero-order valence-electron chi connectivity index (χ0n) is 20.3. The molecule has 4 rings (SSSR count). The summed E-state index contributed by atoms with van der Waals surface area (Å²) in [5, 5.41) is 0.791. The fourth-order valence-corrected chi connectivity index (χ4v) is 4.45. The zero-order chi connectivity index (χ0) is 26.0. The van der Waals surface area contributed by atoms with Crippen molar-refractivity contribution in [3.63, 3.8) is 0 Å². The number of aromatic nitrogens is 2. The quantitative estimate of drug-likeness (QED) is 0.230. The van der Waals surface area contributed by atoms with Gasteiger partial charge in [0.2, 0.25) is 5.78 Å². The van der Waals surface area contributed by atoms with Gasteiger partial charge in [-0.15, -0.1) is 0 Å². The molecule has 0 aliphatic rings. The lowest BCUT2D eigenvalue weighted by Gasteiger charge is -2.28. The highest BCUT2D eigenvalue weighted by molar-refractivity contribution is 6.42. The molecule has 36 heavy (non-hydrogen) atoms. The van der Waals surface area contributed by atoms with E-state index in [1.54, 1.807) is 55.3 Å². The fourth-order valence-electron chi connectivity index (χ4n) is 4.13. The number of hydrogen-bond donors (Lipinski definition) is 0. The molecular formula is C28H25Cl2FN2O3. The highest BCUT2D eigenvalue weighted by Gasteiger charge is 2.31. The van der Waals surface area contributed by atoms with Crippen LogP contribution in [0.1, 0.15) is 41.3 Å². The minimum Gasteiger partial charge on any atom is -0.493 e. The Hall–Kier alpha value is -3.35. The number of ketones is 1. The lowest BCUT2D eigenvalue weighted by Crippen LogP contribution is -2.24. The largest absolute Gasteiger partial charge is 0.493 e. The summed E-state index contributed by atoms with van der Waals surface area (Å²) in [6.45, 7) is 4.05. The van der Waals surface area contributed by atoms with Crippen molar-refractivity contribution in [3.05, 3.63) is 105 Å². The standard InChI is InChI=1S/C28H25Cl2FN2O3/c1-28(2,18-6-12-24(35-3)25(15-18)36-4)26-16-32-27(33(26)20-9-7-19(31)8-10-20)23(34)14-17-5-11-21(29)22(30)13-17/h5-13,15-16H,14H2,1-4H3. The van der Waals surface area contributed by atoms with Crippen LogP contribution < -0.4 is 9.47 Å². The Morgan fingerprint density at radius 2 is 1.64 bits per heavy atom. The van der Waals surface area contributed by atoms with E-state index in [0.717, 1.165) is 11.3 Å². The molecular weight excluding hydrogens is 502 g/mol. The van der Waals surface area contributed by atoms with Gasteiger partial charge >= 0.3 is 0 Å². The molecule has 1 aromatic heterocycles. The monoisotopic (exact) mass is 526 g/mol. The number of carbonyl (C=O) groups is 1. The highest BCUT2D eigenvalue weighted by atomic mass is 35.5. The predicted molar refractivity (Wildman–Crippen MR) is 140 cm³/mol. The van der Waals surface area contributed by atoms with Crippen molar-refractivity contribution < 1.29 is 18.7 Å². The Balaban J connectivity index is 1.83. The maximum atomic E-state index is 13.8. The van der Waals surface area contributed by atoms with Gasteiger partial charge in [-0.3, -0.25) is 9.36 Å². The molecule has 0 aliphatic heterocycles. The molecule has 0 unspecified atom stereocenters. The normalized spacial score (nSPS) is 11.4. The van der Waals surface area contributed by atoms with E-state index in [4.69, 9.17) is 32.7 Å². The first-order valence-corrected chi connectivity index (χ1v) is 11.9. The van der Waals surface area contributed by atoms with E-state index in [2.05, 4.69) is 4.98 Å². The number of hydrogen-bond acceptors (Lipinski definition) is 4. The molecule has 0 saturated heterocycles. The summed E-state index contributed by atoms with van der Waals surface area (Å²) in [6.07, 6.45) is 1.76. The first kappa shape index (κ1) is 25.7. The molecule has 8 heteroatoms. The van der Waals surface area contributed by atoms with E-state index >= 15 is 0 Å². The number of benzene rings is 3. The molecule has 4 aromatic rings. The van der Waals surface area contributed by atoms with Gasteiger partial charge in [-0.05, 0) is 59.7 Å². The van der Waals surface area contributed by atoms with Gasteiger partial charge in [0, 0.05) is 17.5 Å². The second-order valence-corrected chi connectivity index (χ2v) is 9.64. The topological polar surface area (TPSA) is 53.3 Å². The molecule has 5 nitrogen and oxygen atoms in total. The second kappa shape index (κ2) is 10.3. The molecule has 0 bridgehead atoms. The number of rotatable bonds is 8. The first-order chi connectivity index (χ1) is 17.1. The number of carbonyl (C=O) groups excluding carboxylic acids is 1. The number of halogens is 3. The van der Waals surface area contributed by atoms with Crippen LogP contribution in [0.4, 0.5) is 4.39 Å². The summed E-state index contributed by atoms with van der Waals surface area (Å²) in [7, 11) is 3.16. The van der Waals surface area contributed by atoms with Crippen LogP contribution in [0.15, 0.2) is 66.9 Å². The summed E-state index contributed by atoms with van der Waals surface area (Å²) >= 11 is 12.2. The fraction of sp³-hybridized carbons (Fsp3) is 0.214.